The summed E-state index contributed by atoms with van der Waals surface area (Å²) in [6, 6.07) is 3.55. The van der Waals surface area contributed by atoms with Crippen LogP contribution in [0.25, 0.3) is 0 Å². The molecule has 1 saturated heterocycles. The number of benzene rings is 1. The van der Waals surface area contributed by atoms with Gasteiger partial charge >= 0.3 is 0 Å². The van der Waals surface area contributed by atoms with Crippen molar-refractivity contribution in [1.29, 1.82) is 0 Å². The average molecular weight is 170 g/mol. The second-order valence-electron chi connectivity index (χ2n) is 2.93. The van der Waals surface area contributed by atoms with Gasteiger partial charge in [0.2, 0.25) is 0 Å². The lowest BCUT2D eigenvalue weighted by Gasteiger charge is -1.97. The van der Waals surface area contributed by atoms with Crippen LogP contribution in [0.2, 0.25) is 0 Å². The van der Waals surface area contributed by atoms with Gasteiger partial charge in [-0.15, -0.1) is 0 Å². The minimum atomic E-state index is -0.551. The van der Waals surface area contributed by atoms with Crippen LogP contribution < -0.4 is 0 Å². The molecule has 1 aliphatic heterocycles. The molecule has 2 atom stereocenters. The molecule has 0 N–H and O–H groups in total. The van der Waals surface area contributed by atoms with Crippen molar-refractivity contribution in [3.63, 3.8) is 0 Å². The van der Waals surface area contributed by atoms with E-state index in [1.807, 2.05) is 6.92 Å². The van der Waals surface area contributed by atoms with Gasteiger partial charge in [-0.3, -0.25) is 0 Å². The second-order valence-corrected chi connectivity index (χ2v) is 2.93. The molecule has 3 heteroatoms. The first kappa shape index (κ1) is 7.68. The average Bonchev–Trinajstić information content (AvgIpc) is 2.66. The van der Waals surface area contributed by atoms with E-state index in [9.17, 15) is 8.78 Å². The Hall–Kier alpha value is -0.960. The van der Waals surface area contributed by atoms with E-state index >= 15 is 0 Å². The fourth-order valence-electron chi connectivity index (χ4n) is 1.24. The Morgan fingerprint density at radius 1 is 1.33 bits per heavy atom. The molecule has 12 heavy (non-hydrogen) atoms. The van der Waals surface area contributed by atoms with Crippen LogP contribution in [0.3, 0.4) is 0 Å². The van der Waals surface area contributed by atoms with E-state index in [-0.39, 0.29) is 12.2 Å². The van der Waals surface area contributed by atoms with Crippen LogP contribution in [-0.2, 0) is 4.74 Å². The molecule has 0 saturated carbocycles. The highest BCUT2D eigenvalue weighted by Gasteiger charge is 2.37. The van der Waals surface area contributed by atoms with Gasteiger partial charge in [0.15, 0.2) is 0 Å². The van der Waals surface area contributed by atoms with Gasteiger partial charge in [-0.2, -0.15) is 0 Å². The summed E-state index contributed by atoms with van der Waals surface area (Å²) < 4.78 is 30.5. The van der Waals surface area contributed by atoms with Crippen LogP contribution in [0.15, 0.2) is 18.2 Å². The molecule has 0 radical (unpaired) electrons. The van der Waals surface area contributed by atoms with E-state index < -0.39 is 11.6 Å². The Labute approximate surface area is 69.0 Å². The van der Waals surface area contributed by atoms with Crippen LogP contribution in [0.4, 0.5) is 8.78 Å². The van der Waals surface area contributed by atoms with Crippen LogP contribution in [0, 0.1) is 11.6 Å². The summed E-state index contributed by atoms with van der Waals surface area (Å²) in [5.41, 5.74) is 0.448. The highest BCUT2D eigenvalue weighted by molar-refractivity contribution is 5.24. The molecule has 1 fully saturated rings. The molecule has 0 unspecified atom stereocenters. The van der Waals surface area contributed by atoms with Crippen molar-refractivity contribution in [3.05, 3.63) is 35.4 Å². The van der Waals surface area contributed by atoms with E-state index in [1.165, 1.54) is 12.1 Å². The lowest BCUT2D eigenvalue weighted by atomic mass is 10.1. The van der Waals surface area contributed by atoms with Crippen LogP contribution >= 0.6 is 0 Å². The number of halogens is 2. The molecule has 0 aliphatic carbocycles. The van der Waals surface area contributed by atoms with Gasteiger partial charge in [0.25, 0.3) is 0 Å². The molecular formula is C9H8F2O. The summed E-state index contributed by atoms with van der Waals surface area (Å²) in [7, 11) is 0. The zero-order valence-electron chi connectivity index (χ0n) is 6.55. The maximum absolute atomic E-state index is 13.0. The Morgan fingerprint density at radius 2 is 2.00 bits per heavy atom. The predicted molar refractivity (Wildman–Crippen MR) is 39.6 cm³/mol. The highest BCUT2D eigenvalue weighted by atomic mass is 19.1. The van der Waals surface area contributed by atoms with Crippen LogP contribution in [-0.4, -0.2) is 6.10 Å². The highest BCUT2D eigenvalue weighted by Crippen LogP contribution is 2.39. The van der Waals surface area contributed by atoms with Gasteiger partial charge in [-0.05, 0) is 13.0 Å². The third kappa shape index (κ3) is 1.20. The SMILES string of the molecule is C[C@@H]1O[C@@H]1c1ccc(F)cc1F. The molecule has 0 amide bonds. The molecule has 0 spiro atoms. The Morgan fingerprint density at radius 3 is 2.50 bits per heavy atom. The second kappa shape index (κ2) is 2.52. The molecule has 64 valence electrons. The Kier molecular flexibility index (Phi) is 1.61. The minimum absolute atomic E-state index is 0.0601. The molecule has 1 heterocycles. The quantitative estimate of drug-likeness (QED) is 0.589. The first-order valence-corrected chi connectivity index (χ1v) is 3.79. The molecule has 0 aromatic heterocycles. The van der Waals surface area contributed by atoms with Crippen molar-refractivity contribution >= 4 is 0 Å². The molecular weight excluding hydrogens is 162 g/mol. The van der Waals surface area contributed by atoms with Crippen molar-refractivity contribution in [2.24, 2.45) is 0 Å². The molecule has 0 bridgehead atoms. The van der Waals surface area contributed by atoms with Crippen molar-refractivity contribution < 1.29 is 13.5 Å². The molecule has 1 nitrogen and oxygen atoms in total. The summed E-state index contributed by atoms with van der Waals surface area (Å²) in [5, 5.41) is 0. The summed E-state index contributed by atoms with van der Waals surface area (Å²) in [6.07, 6.45) is -0.115. The van der Waals surface area contributed by atoms with Crippen molar-refractivity contribution in [2.75, 3.05) is 0 Å². The first-order valence-electron chi connectivity index (χ1n) is 3.79. The zero-order valence-corrected chi connectivity index (χ0v) is 6.55. The van der Waals surface area contributed by atoms with E-state index in [1.54, 1.807) is 0 Å². The number of ether oxygens (including phenoxy) is 1. The fourth-order valence-corrected chi connectivity index (χ4v) is 1.24. The van der Waals surface area contributed by atoms with E-state index in [0.29, 0.717) is 5.56 Å². The normalized spacial score (nSPS) is 27.2. The predicted octanol–water partition coefficient (Wildman–Crippen LogP) is 2.42. The van der Waals surface area contributed by atoms with E-state index in [0.717, 1.165) is 6.07 Å². The van der Waals surface area contributed by atoms with Crippen LogP contribution in [0.1, 0.15) is 18.6 Å². The van der Waals surface area contributed by atoms with Crippen molar-refractivity contribution in [1.82, 2.24) is 0 Å². The standard InChI is InChI=1S/C9H8F2O/c1-5-9(12-5)7-3-2-6(10)4-8(7)11/h2-5,9H,1H3/t5-,9-/m0/s1. The summed E-state index contributed by atoms with van der Waals surface area (Å²) in [6.45, 7) is 1.85. The zero-order chi connectivity index (χ0) is 8.72. The molecule has 1 aromatic carbocycles. The topological polar surface area (TPSA) is 12.5 Å². The van der Waals surface area contributed by atoms with Gasteiger partial charge in [0.1, 0.15) is 17.7 Å². The fraction of sp³-hybridized carbons (Fsp3) is 0.333. The third-order valence-corrected chi connectivity index (χ3v) is 1.98. The summed E-state index contributed by atoms with van der Waals surface area (Å²) in [5.74, 6) is -1.08. The molecule has 1 aliphatic rings. The third-order valence-electron chi connectivity index (χ3n) is 1.98. The minimum Gasteiger partial charge on any atom is -0.365 e. The van der Waals surface area contributed by atoms with E-state index in [2.05, 4.69) is 0 Å². The van der Waals surface area contributed by atoms with Crippen molar-refractivity contribution in [2.45, 2.75) is 19.1 Å². The van der Waals surface area contributed by atoms with Gasteiger partial charge in [-0.25, -0.2) is 8.78 Å². The first-order chi connectivity index (χ1) is 5.68. The summed E-state index contributed by atoms with van der Waals surface area (Å²) >= 11 is 0. The maximum atomic E-state index is 13.0. The van der Waals surface area contributed by atoms with Crippen molar-refractivity contribution in [3.8, 4) is 0 Å². The van der Waals surface area contributed by atoms with Crippen LogP contribution in [0.5, 0.6) is 0 Å². The summed E-state index contributed by atoms with van der Waals surface area (Å²) in [4.78, 5) is 0. The Balaban J connectivity index is 2.33. The number of epoxide rings is 1. The van der Waals surface area contributed by atoms with Gasteiger partial charge in [0.05, 0.1) is 6.10 Å². The number of hydrogen-bond donors (Lipinski definition) is 0. The lowest BCUT2D eigenvalue weighted by Crippen LogP contribution is -1.90. The molecule has 2 rings (SSSR count). The number of hydrogen-bond acceptors (Lipinski definition) is 1. The van der Waals surface area contributed by atoms with Gasteiger partial charge < -0.3 is 4.74 Å². The molecule has 1 aromatic rings. The smallest absolute Gasteiger partial charge is 0.132 e. The monoisotopic (exact) mass is 170 g/mol. The maximum Gasteiger partial charge on any atom is 0.132 e. The lowest BCUT2D eigenvalue weighted by molar-refractivity contribution is 0.378. The van der Waals surface area contributed by atoms with Gasteiger partial charge in [0, 0.05) is 11.6 Å². The van der Waals surface area contributed by atoms with E-state index in [4.69, 9.17) is 4.74 Å². The van der Waals surface area contributed by atoms with Gasteiger partial charge in [-0.1, -0.05) is 6.07 Å². The number of rotatable bonds is 1. The Bertz CT molecular complexity index is 311. The largest absolute Gasteiger partial charge is 0.365 e.